The standard InChI is InChI=1S/C17H21FN2O/c1-2-3-4-5-6-7-13-11-19-17(20-12-13)14-8-9-16(21)15(18)10-14/h8-12,21H,2-7H2,1H3. The summed E-state index contributed by atoms with van der Waals surface area (Å²) in [5.41, 5.74) is 1.68. The Morgan fingerprint density at radius 1 is 1.05 bits per heavy atom. The molecule has 0 bridgehead atoms. The van der Waals surface area contributed by atoms with Gasteiger partial charge in [-0.05, 0) is 36.6 Å². The molecule has 1 N–H and O–H groups in total. The summed E-state index contributed by atoms with van der Waals surface area (Å²) >= 11 is 0. The lowest BCUT2D eigenvalue weighted by Gasteiger charge is -2.04. The molecule has 0 saturated heterocycles. The van der Waals surface area contributed by atoms with E-state index in [1.807, 2.05) is 0 Å². The zero-order valence-corrected chi connectivity index (χ0v) is 12.3. The third-order valence-electron chi connectivity index (χ3n) is 3.48. The number of phenolic OH excluding ortho intramolecular Hbond substituents is 1. The van der Waals surface area contributed by atoms with Crippen LogP contribution in [0, 0.1) is 5.82 Å². The van der Waals surface area contributed by atoms with Crippen LogP contribution >= 0.6 is 0 Å². The number of nitrogens with zero attached hydrogens (tertiary/aromatic N) is 2. The molecule has 0 saturated carbocycles. The minimum absolute atomic E-state index is 0.359. The van der Waals surface area contributed by atoms with Gasteiger partial charge in [-0.2, -0.15) is 0 Å². The zero-order valence-electron chi connectivity index (χ0n) is 12.3. The molecule has 0 fully saturated rings. The second kappa shape index (κ2) is 7.72. The average molecular weight is 288 g/mol. The Balaban J connectivity index is 1.93. The van der Waals surface area contributed by atoms with Crippen LogP contribution < -0.4 is 0 Å². The van der Waals surface area contributed by atoms with E-state index in [1.165, 1.54) is 37.8 Å². The maximum Gasteiger partial charge on any atom is 0.165 e. The van der Waals surface area contributed by atoms with Crippen molar-refractivity contribution in [2.45, 2.75) is 45.4 Å². The molecule has 0 aliphatic rings. The number of aromatic hydroxyl groups is 1. The van der Waals surface area contributed by atoms with Gasteiger partial charge in [-0.15, -0.1) is 0 Å². The normalized spacial score (nSPS) is 10.8. The second-order valence-electron chi connectivity index (χ2n) is 5.25. The zero-order chi connectivity index (χ0) is 15.1. The number of unbranched alkanes of at least 4 members (excludes halogenated alkanes) is 4. The van der Waals surface area contributed by atoms with Gasteiger partial charge in [0.05, 0.1) is 0 Å². The average Bonchev–Trinajstić information content (AvgIpc) is 2.50. The molecule has 0 aliphatic heterocycles. The van der Waals surface area contributed by atoms with Crippen LogP contribution in [-0.4, -0.2) is 15.1 Å². The number of rotatable bonds is 7. The van der Waals surface area contributed by atoms with Crippen LogP contribution in [0.3, 0.4) is 0 Å². The summed E-state index contributed by atoms with van der Waals surface area (Å²) in [6.07, 6.45) is 10.8. The fourth-order valence-corrected chi connectivity index (χ4v) is 2.21. The van der Waals surface area contributed by atoms with Gasteiger partial charge < -0.3 is 5.11 Å². The van der Waals surface area contributed by atoms with Gasteiger partial charge in [0, 0.05) is 18.0 Å². The fraction of sp³-hybridized carbons (Fsp3) is 0.412. The van der Waals surface area contributed by atoms with Crippen molar-refractivity contribution < 1.29 is 9.50 Å². The number of aromatic nitrogens is 2. The highest BCUT2D eigenvalue weighted by molar-refractivity contribution is 5.56. The van der Waals surface area contributed by atoms with Crippen molar-refractivity contribution >= 4 is 0 Å². The molecule has 0 amide bonds. The third-order valence-corrected chi connectivity index (χ3v) is 3.48. The molecule has 1 heterocycles. The molecule has 0 spiro atoms. The predicted molar refractivity (Wildman–Crippen MR) is 81.6 cm³/mol. The molecule has 112 valence electrons. The lowest BCUT2D eigenvalue weighted by atomic mass is 10.1. The molecular formula is C17H21FN2O. The molecular weight excluding hydrogens is 267 g/mol. The molecule has 4 heteroatoms. The summed E-state index contributed by atoms with van der Waals surface area (Å²) < 4.78 is 13.3. The molecule has 0 atom stereocenters. The van der Waals surface area contributed by atoms with Crippen molar-refractivity contribution in [1.82, 2.24) is 9.97 Å². The Morgan fingerprint density at radius 3 is 2.43 bits per heavy atom. The van der Waals surface area contributed by atoms with E-state index < -0.39 is 5.82 Å². The van der Waals surface area contributed by atoms with Gasteiger partial charge in [0.2, 0.25) is 0 Å². The van der Waals surface area contributed by atoms with E-state index in [0.29, 0.717) is 11.4 Å². The monoisotopic (exact) mass is 288 g/mol. The number of benzene rings is 1. The smallest absolute Gasteiger partial charge is 0.165 e. The highest BCUT2D eigenvalue weighted by atomic mass is 19.1. The Kier molecular flexibility index (Phi) is 5.67. The van der Waals surface area contributed by atoms with Crippen molar-refractivity contribution in [3.8, 4) is 17.1 Å². The number of halogens is 1. The van der Waals surface area contributed by atoms with Gasteiger partial charge in [0.25, 0.3) is 0 Å². The lowest BCUT2D eigenvalue weighted by Crippen LogP contribution is -1.93. The topological polar surface area (TPSA) is 46.0 Å². The van der Waals surface area contributed by atoms with E-state index in [1.54, 1.807) is 18.5 Å². The van der Waals surface area contributed by atoms with Gasteiger partial charge in [-0.3, -0.25) is 0 Å². The molecule has 0 aliphatic carbocycles. The van der Waals surface area contributed by atoms with Crippen molar-refractivity contribution in [3.63, 3.8) is 0 Å². The molecule has 1 aromatic heterocycles. The van der Waals surface area contributed by atoms with Crippen LogP contribution in [0.15, 0.2) is 30.6 Å². The Morgan fingerprint density at radius 2 is 1.76 bits per heavy atom. The van der Waals surface area contributed by atoms with Crippen LogP contribution in [0.2, 0.25) is 0 Å². The highest BCUT2D eigenvalue weighted by Crippen LogP contribution is 2.22. The number of hydrogen-bond donors (Lipinski definition) is 1. The molecule has 2 rings (SSSR count). The van der Waals surface area contributed by atoms with Crippen LogP contribution in [0.4, 0.5) is 4.39 Å². The van der Waals surface area contributed by atoms with Crippen LogP contribution in [0.5, 0.6) is 5.75 Å². The van der Waals surface area contributed by atoms with Crippen LogP contribution in [0.1, 0.15) is 44.6 Å². The quantitative estimate of drug-likeness (QED) is 0.763. The maximum absolute atomic E-state index is 13.3. The molecule has 0 unspecified atom stereocenters. The van der Waals surface area contributed by atoms with E-state index in [4.69, 9.17) is 0 Å². The predicted octanol–water partition coefficient (Wildman–Crippen LogP) is 4.50. The van der Waals surface area contributed by atoms with Crippen LogP contribution in [0.25, 0.3) is 11.4 Å². The second-order valence-corrected chi connectivity index (χ2v) is 5.25. The van der Waals surface area contributed by atoms with Crippen molar-refractivity contribution in [2.75, 3.05) is 0 Å². The first-order valence-electron chi connectivity index (χ1n) is 7.50. The van der Waals surface area contributed by atoms with Crippen molar-refractivity contribution in [3.05, 3.63) is 42.0 Å². The Hall–Kier alpha value is -1.97. The summed E-state index contributed by atoms with van der Waals surface area (Å²) in [6.45, 7) is 2.21. The van der Waals surface area contributed by atoms with Gasteiger partial charge in [0.15, 0.2) is 17.4 Å². The Labute approximate surface area is 124 Å². The van der Waals surface area contributed by atoms with E-state index in [0.717, 1.165) is 18.4 Å². The van der Waals surface area contributed by atoms with Crippen LogP contribution in [-0.2, 0) is 6.42 Å². The van der Waals surface area contributed by atoms with Crippen molar-refractivity contribution in [1.29, 1.82) is 0 Å². The van der Waals surface area contributed by atoms with Gasteiger partial charge in [-0.1, -0.05) is 32.6 Å². The van der Waals surface area contributed by atoms with Crippen molar-refractivity contribution in [2.24, 2.45) is 0 Å². The molecule has 1 aromatic carbocycles. The van der Waals surface area contributed by atoms with E-state index in [-0.39, 0.29) is 5.75 Å². The molecule has 21 heavy (non-hydrogen) atoms. The molecule has 2 aromatic rings. The summed E-state index contributed by atoms with van der Waals surface area (Å²) in [6, 6.07) is 4.17. The Bertz CT molecular complexity index is 570. The lowest BCUT2D eigenvalue weighted by molar-refractivity contribution is 0.432. The van der Waals surface area contributed by atoms with E-state index >= 15 is 0 Å². The first kappa shape index (κ1) is 15.4. The van der Waals surface area contributed by atoms with E-state index in [2.05, 4.69) is 16.9 Å². The molecule has 0 radical (unpaired) electrons. The SMILES string of the molecule is CCCCCCCc1cnc(-c2ccc(O)c(F)c2)nc1. The summed E-state index contributed by atoms with van der Waals surface area (Å²) in [4.78, 5) is 8.55. The summed E-state index contributed by atoms with van der Waals surface area (Å²) in [7, 11) is 0. The molecule has 3 nitrogen and oxygen atoms in total. The largest absolute Gasteiger partial charge is 0.505 e. The highest BCUT2D eigenvalue weighted by Gasteiger charge is 2.06. The summed E-state index contributed by atoms with van der Waals surface area (Å²) in [5, 5.41) is 9.18. The maximum atomic E-state index is 13.3. The third kappa shape index (κ3) is 4.52. The van der Waals surface area contributed by atoms with Gasteiger partial charge in [0.1, 0.15) is 0 Å². The van der Waals surface area contributed by atoms with Gasteiger partial charge in [-0.25, -0.2) is 14.4 Å². The minimum Gasteiger partial charge on any atom is -0.505 e. The van der Waals surface area contributed by atoms with Gasteiger partial charge >= 0.3 is 0 Å². The fourth-order valence-electron chi connectivity index (χ4n) is 2.21. The number of hydrogen-bond acceptors (Lipinski definition) is 3. The first-order valence-corrected chi connectivity index (χ1v) is 7.50. The minimum atomic E-state index is -0.656. The summed E-state index contributed by atoms with van der Waals surface area (Å²) in [5.74, 6) is -0.540. The number of aryl methyl sites for hydroxylation is 1. The first-order chi connectivity index (χ1) is 10.2. The number of phenols is 1. The van der Waals surface area contributed by atoms with E-state index in [9.17, 15) is 9.50 Å².